The molecule has 3 heterocycles. The highest BCUT2D eigenvalue weighted by molar-refractivity contribution is 5.80. The minimum Gasteiger partial charge on any atom is -0.349 e. The lowest BCUT2D eigenvalue weighted by molar-refractivity contribution is -0.132. The Hall–Kier alpha value is -2.09. The molecule has 0 unspecified atom stereocenters. The third kappa shape index (κ3) is 6.45. The molecule has 0 aromatic carbocycles. The number of amides is 1. The third-order valence-corrected chi connectivity index (χ3v) is 5.97. The Kier molecular flexibility index (Phi) is 8.54. The molecule has 2 saturated heterocycles. The zero-order valence-electron chi connectivity index (χ0n) is 19.0. The fourth-order valence-electron chi connectivity index (χ4n) is 4.29. The number of guanidine groups is 1. The van der Waals surface area contributed by atoms with Crippen molar-refractivity contribution in [3.63, 3.8) is 0 Å². The highest BCUT2D eigenvalue weighted by Crippen LogP contribution is 2.11. The van der Waals surface area contributed by atoms with Gasteiger partial charge in [-0.25, -0.2) is 4.98 Å². The van der Waals surface area contributed by atoms with Crippen molar-refractivity contribution < 1.29 is 4.79 Å². The summed E-state index contributed by atoms with van der Waals surface area (Å²) < 4.78 is 2.21. The summed E-state index contributed by atoms with van der Waals surface area (Å²) in [7, 11) is 1.83. The number of piperazine rings is 1. The SMILES string of the molecule is CN=C(NCc1nccn1CC(C)C)N1CCN(CC(=O)N2CCCCCC2)CC1. The van der Waals surface area contributed by atoms with Gasteiger partial charge < -0.3 is 19.7 Å². The average molecular weight is 418 g/mol. The highest BCUT2D eigenvalue weighted by atomic mass is 16.2. The molecule has 2 aliphatic heterocycles. The van der Waals surface area contributed by atoms with Crippen LogP contribution in [0.15, 0.2) is 17.4 Å². The molecule has 168 valence electrons. The van der Waals surface area contributed by atoms with E-state index < -0.39 is 0 Å². The summed E-state index contributed by atoms with van der Waals surface area (Å²) >= 11 is 0. The number of carbonyl (C=O) groups is 1. The van der Waals surface area contributed by atoms with Crippen LogP contribution in [0.3, 0.4) is 0 Å². The largest absolute Gasteiger partial charge is 0.349 e. The van der Waals surface area contributed by atoms with Crippen LogP contribution in [0.4, 0.5) is 0 Å². The predicted octanol–water partition coefficient (Wildman–Crippen LogP) is 1.63. The standard InChI is InChI=1S/C22H39N7O/c1-19(2)17-29-11-8-24-20(29)16-25-22(23-3)28-14-12-26(13-15-28)18-21(30)27-9-6-4-5-7-10-27/h8,11,19H,4-7,9-10,12-18H2,1-3H3,(H,23,25). The monoisotopic (exact) mass is 417 g/mol. The molecular weight excluding hydrogens is 378 g/mol. The van der Waals surface area contributed by atoms with Crippen LogP contribution in [0.5, 0.6) is 0 Å². The lowest BCUT2D eigenvalue weighted by atomic mass is 10.2. The van der Waals surface area contributed by atoms with Gasteiger partial charge in [0.1, 0.15) is 5.82 Å². The summed E-state index contributed by atoms with van der Waals surface area (Å²) in [6.45, 7) is 12.0. The molecule has 8 heteroatoms. The van der Waals surface area contributed by atoms with Gasteiger partial charge in [0.25, 0.3) is 0 Å². The summed E-state index contributed by atoms with van der Waals surface area (Å²) in [5.74, 6) is 2.83. The summed E-state index contributed by atoms with van der Waals surface area (Å²) in [4.78, 5) is 28.3. The number of imidazole rings is 1. The number of nitrogens with one attached hydrogen (secondary N) is 1. The van der Waals surface area contributed by atoms with E-state index in [1.54, 1.807) is 0 Å². The summed E-state index contributed by atoms with van der Waals surface area (Å²) in [6, 6.07) is 0. The van der Waals surface area contributed by atoms with Gasteiger partial charge in [-0.2, -0.15) is 0 Å². The Labute approximate surface area is 181 Å². The first-order chi connectivity index (χ1) is 14.6. The Bertz CT molecular complexity index is 683. The summed E-state index contributed by atoms with van der Waals surface area (Å²) in [6.07, 6.45) is 8.72. The second-order valence-corrected chi connectivity index (χ2v) is 8.85. The van der Waals surface area contributed by atoms with E-state index in [0.29, 0.717) is 24.9 Å². The summed E-state index contributed by atoms with van der Waals surface area (Å²) in [5, 5.41) is 3.47. The molecule has 0 atom stereocenters. The lowest BCUT2D eigenvalue weighted by Crippen LogP contribution is -2.54. The smallest absolute Gasteiger partial charge is 0.236 e. The van der Waals surface area contributed by atoms with E-state index in [1.807, 2.05) is 19.4 Å². The van der Waals surface area contributed by atoms with Gasteiger partial charge in [0.2, 0.25) is 5.91 Å². The van der Waals surface area contributed by atoms with Gasteiger partial charge in [-0.3, -0.25) is 14.7 Å². The normalized spacial score (nSPS) is 19.3. The Morgan fingerprint density at radius 2 is 1.77 bits per heavy atom. The highest BCUT2D eigenvalue weighted by Gasteiger charge is 2.23. The maximum absolute atomic E-state index is 12.7. The number of hydrogen-bond acceptors (Lipinski definition) is 4. The molecule has 8 nitrogen and oxygen atoms in total. The molecule has 1 N–H and O–H groups in total. The first kappa shape index (κ1) is 22.6. The number of aliphatic imine (C=N–C) groups is 1. The van der Waals surface area contributed by atoms with Crippen LogP contribution in [0.1, 0.15) is 45.4 Å². The van der Waals surface area contributed by atoms with Gasteiger partial charge >= 0.3 is 0 Å². The number of likely N-dealkylation sites (tertiary alicyclic amines) is 1. The van der Waals surface area contributed by atoms with Crippen molar-refractivity contribution in [1.82, 2.24) is 29.6 Å². The van der Waals surface area contributed by atoms with Gasteiger partial charge in [0.15, 0.2) is 5.96 Å². The number of carbonyl (C=O) groups excluding carboxylic acids is 1. The van der Waals surface area contributed by atoms with Crippen LogP contribution >= 0.6 is 0 Å². The van der Waals surface area contributed by atoms with Crippen molar-refractivity contribution in [3.05, 3.63) is 18.2 Å². The Morgan fingerprint density at radius 3 is 2.40 bits per heavy atom. The van der Waals surface area contributed by atoms with Gasteiger partial charge in [-0.05, 0) is 18.8 Å². The minimum absolute atomic E-state index is 0.296. The number of nitrogens with zero attached hydrogens (tertiary/aromatic N) is 6. The van der Waals surface area contributed by atoms with Gasteiger partial charge in [0, 0.05) is 65.3 Å². The van der Waals surface area contributed by atoms with Crippen molar-refractivity contribution in [1.29, 1.82) is 0 Å². The van der Waals surface area contributed by atoms with Crippen molar-refractivity contribution in [3.8, 4) is 0 Å². The van der Waals surface area contributed by atoms with Crippen molar-refractivity contribution >= 4 is 11.9 Å². The molecule has 2 fully saturated rings. The van der Waals surface area contributed by atoms with E-state index in [1.165, 1.54) is 12.8 Å². The quantitative estimate of drug-likeness (QED) is 0.563. The molecule has 0 bridgehead atoms. The fourth-order valence-corrected chi connectivity index (χ4v) is 4.29. The van der Waals surface area contributed by atoms with Crippen LogP contribution in [-0.4, -0.2) is 89.0 Å². The fraction of sp³-hybridized carbons (Fsp3) is 0.773. The van der Waals surface area contributed by atoms with Crippen LogP contribution in [0.25, 0.3) is 0 Å². The van der Waals surface area contributed by atoms with E-state index >= 15 is 0 Å². The maximum atomic E-state index is 12.7. The first-order valence-electron chi connectivity index (χ1n) is 11.5. The molecular formula is C22H39N7O. The van der Waals surface area contributed by atoms with E-state index in [9.17, 15) is 4.79 Å². The lowest BCUT2D eigenvalue weighted by Gasteiger charge is -2.37. The zero-order chi connectivity index (χ0) is 21.3. The molecule has 3 rings (SSSR count). The second-order valence-electron chi connectivity index (χ2n) is 8.85. The van der Waals surface area contributed by atoms with Gasteiger partial charge in [-0.15, -0.1) is 0 Å². The molecule has 0 radical (unpaired) electrons. The second kappa shape index (κ2) is 11.3. The van der Waals surface area contributed by atoms with Crippen LogP contribution in [0, 0.1) is 5.92 Å². The van der Waals surface area contributed by atoms with Gasteiger partial charge in [-0.1, -0.05) is 26.7 Å². The van der Waals surface area contributed by atoms with Crippen molar-refractivity contribution in [2.75, 3.05) is 52.9 Å². The first-order valence-corrected chi connectivity index (χ1v) is 11.5. The number of hydrogen-bond donors (Lipinski definition) is 1. The Balaban J connectivity index is 1.44. The molecule has 2 aliphatic rings. The summed E-state index contributed by atoms with van der Waals surface area (Å²) in [5.41, 5.74) is 0. The molecule has 1 aromatic heterocycles. The van der Waals surface area contributed by atoms with Crippen molar-refractivity contribution in [2.24, 2.45) is 10.9 Å². The van der Waals surface area contributed by atoms with Crippen LogP contribution < -0.4 is 5.32 Å². The third-order valence-electron chi connectivity index (χ3n) is 5.97. The van der Waals surface area contributed by atoms with E-state index in [-0.39, 0.29) is 0 Å². The van der Waals surface area contributed by atoms with Crippen LogP contribution in [0.2, 0.25) is 0 Å². The maximum Gasteiger partial charge on any atom is 0.236 e. The zero-order valence-corrected chi connectivity index (χ0v) is 19.0. The Morgan fingerprint density at radius 1 is 1.07 bits per heavy atom. The molecule has 0 spiro atoms. The molecule has 1 aromatic rings. The van der Waals surface area contributed by atoms with Crippen LogP contribution in [-0.2, 0) is 17.9 Å². The van der Waals surface area contributed by atoms with Crippen molar-refractivity contribution in [2.45, 2.75) is 52.6 Å². The predicted molar refractivity (Wildman–Crippen MR) is 120 cm³/mol. The van der Waals surface area contributed by atoms with E-state index in [2.05, 4.69) is 48.4 Å². The number of aromatic nitrogens is 2. The topological polar surface area (TPSA) is 69.0 Å². The molecule has 30 heavy (non-hydrogen) atoms. The minimum atomic E-state index is 0.296. The number of rotatable bonds is 6. The average Bonchev–Trinajstić information content (AvgIpc) is 2.99. The molecule has 1 amide bonds. The molecule has 0 aliphatic carbocycles. The molecule has 0 saturated carbocycles. The van der Waals surface area contributed by atoms with Gasteiger partial charge in [0.05, 0.1) is 13.1 Å². The van der Waals surface area contributed by atoms with E-state index in [4.69, 9.17) is 0 Å². The van der Waals surface area contributed by atoms with E-state index in [0.717, 1.165) is 70.4 Å².